The molecule has 3 N–H and O–H groups in total. The van der Waals surface area contributed by atoms with Crippen LogP contribution in [0.4, 0.5) is 15.5 Å². The Morgan fingerprint density at radius 1 is 1.38 bits per heavy atom. The summed E-state index contributed by atoms with van der Waals surface area (Å²) in [5.41, 5.74) is 4.19. The number of hydrogen-bond donors (Lipinski definition) is 3. The standard InChI is InChI=1S/C15H14FN7OS2/c1-9(10-2-4-11(16)5-3-10)20-21-13-19-15(23-22-13)26-8-12(24)18-14-17-6-7-25-14/h2-7H,8H2,1H3,(H,17,18,24)(H2,19,21,22,23)/b20-9+. The number of hydrazone groups is 1. The van der Waals surface area contributed by atoms with Gasteiger partial charge in [-0.3, -0.25) is 4.79 Å². The van der Waals surface area contributed by atoms with E-state index in [1.165, 1.54) is 35.2 Å². The molecule has 1 aromatic carbocycles. The van der Waals surface area contributed by atoms with E-state index in [4.69, 9.17) is 0 Å². The van der Waals surface area contributed by atoms with Crippen molar-refractivity contribution in [3.05, 3.63) is 47.2 Å². The van der Waals surface area contributed by atoms with Crippen LogP contribution in [0.1, 0.15) is 12.5 Å². The number of aromatic nitrogens is 4. The Morgan fingerprint density at radius 3 is 2.92 bits per heavy atom. The van der Waals surface area contributed by atoms with Crippen molar-refractivity contribution in [2.24, 2.45) is 5.10 Å². The topological polar surface area (TPSA) is 108 Å². The zero-order valence-electron chi connectivity index (χ0n) is 13.6. The van der Waals surface area contributed by atoms with Crippen LogP contribution in [0, 0.1) is 5.82 Å². The molecule has 0 radical (unpaired) electrons. The van der Waals surface area contributed by atoms with E-state index in [-0.39, 0.29) is 17.5 Å². The number of nitrogens with one attached hydrogen (secondary N) is 3. The van der Waals surface area contributed by atoms with Crippen LogP contribution in [0.15, 0.2) is 46.1 Å². The Labute approximate surface area is 156 Å². The molecule has 134 valence electrons. The number of anilines is 2. The highest BCUT2D eigenvalue weighted by Crippen LogP contribution is 2.16. The van der Waals surface area contributed by atoms with Gasteiger partial charge in [0.05, 0.1) is 11.5 Å². The molecule has 0 atom stereocenters. The molecule has 0 bridgehead atoms. The van der Waals surface area contributed by atoms with Crippen molar-refractivity contribution >= 4 is 45.8 Å². The van der Waals surface area contributed by atoms with Gasteiger partial charge in [0.25, 0.3) is 0 Å². The number of nitrogens with zero attached hydrogens (tertiary/aromatic N) is 4. The van der Waals surface area contributed by atoms with E-state index in [1.54, 1.807) is 30.6 Å². The van der Waals surface area contributed by atoms with Crippen molar-refractivity contribution in [1.29, 1.82) is 0 Å². The first kappa shape index (κ1) is 18.0. The van der Waals surface area contributed by atoms with Gasteiger partial charge >= 0.3 is 0 Å². The average molecular weight is 391 g/mol. The Bertz CT molecular complexity index is 893. The maximum Gasteiger partial charge on any atom is 0.240 e. The summed E-state index contributed by atoms with van der Waals surface area (Å²) in [6.07, 6.45) is 1.62. The van der Waals surface area contributed by atoms with Gasteiger partial charge in [-0.1, -0.05) is 23.9 Å². The SMILES string of the molecule is C/C(=N\Nc1nc(SCC(=O)Nc2nccs2)n[nH]1)c1ccc(F)cc1. The normalized spacial score (nSPS) is 11.4. The van der Waals surface area contributed by atoms with Crippen LogP contribution in [0.2, 0.25) is 0 Å². The van der Waals surface area contributed by atoms with E-state index in [0.717, 1.165) is 5.56 Å². The number of benzene rings is 1. The summed E-state index contributed by atoms with van der Waals surface area (Å²) in [7, 11) is 0. The van der Waals surface area contributed by atoms with E-state index in [1.807, 2.05) is 0 Å². The molecule has 0 aliphatic heterocycles. The Kier molecular flexibility index (Phi) is 5.92. The summed E-state index contributed by atoms with van der Waals surface area (Å²) < 4.78 is 12.9. The molecule has 1 amide bonds. The fourth-order valence-electron chi connectivity index (χ4n) is 1.82. The number of hydrogen-bond acceptors (Lipinski definition) is 8. The number of thiazole rings is 1. The number of halogens is 1. The average Bonchev–Trinajstić information content (AvgIpc) is 3.30. The van der Waals surface area contributed by atoms with Gasteiger partial charge in [-0.25, -0.2) is 19.9 Å². The van der Waals surface area contributed by atoms with E-state index in [9.17, 15) is 9.18 Å². The quantitative estimate of drug-likeness (QED) is 0.325. The molecule has 2 aromatic heterocycles. The maximum atomic E-state index is 12.9. The van der Waals surface area contributed by atoms with Gasteiger partial charge in [0.15, 0.2) is 5.13 Å². The van der Waals surface area contributed by atoms with Crippen LogP contribution in [-0.2, 0) is 4.79 Å². The first-order valence-corrected chi connectivity index (χ1v) is 9.27. The van der Waals surface area contributed by atoms with Crippen molar-refractivity contribution in [2.45, 2.75) is 12.1 Å². The van der Waals surface area contributed by atoms with Gasteiger partial charge in [-0.15, -0.1) is 16.4 Å². The molecule has 0 fully saturated rings. The molecule has 11 heteroatoms. The molecule has 26 heavy (non-hydrogen) atoms. The summed E-state index contributed by atoms with van der Waals surface area (Å²) in [6.45, 7) is 1.79. The van der Waals surface area contributed by atoms with E-state index in [0.29, 0.717) is 21.9 Å². The molecular weight excluding hydrogens is 377 g/mol. The molecule has 3 rings (SSSR count). The van der Waals surface area contributed by atoms with Gasteiger partial charge in [0, 0.05) is 11.6 Å². The number of thioether (sulfide) groups is 1. The van der Waals surface area contributed by atoms with Crippen molar-refractivity contribution < 1.29 is 9.18 Å². The molecular formula is C15H14FN7OS2. The van der Waals surface area contributed by atoms with Crippen molar-refractivity contribution in [2.75, 3.05) is 16.5 Å². The number of carbonyl (C=O) groups excluding carboxylic acids is 1. The van der Waals surface area contributed by atoms with Crippen LogP contribution >= 0.6 is 23.1 Å². The minimum atomic E-state index is -0.301. The molecule has 0 saturated carbocycles. The lowest BCUT2D eigenvalue weighted by atomic mass is 10.1. The van der Waals surface area contributed by atoms with Gasteiger partial charge in [0.2, 0.25) is 17.0 Å². The number of amides is 1. The van der Waals surface area contributed by atoms with Crippen molar-refractivity contribution in [1.82, 2.24) is 20.2 Å². The van der Waals surface area contributed by atoms with Gasteiger partial charge in [-0.05, 0) is 24.6 Å². The lowest BCUT2D eigenvalue weighted by Gasteiger charge is -2.01. The monoisotopic (exact) mass is 391 g/mol. The summed E-state index contributed by atoms with van der Waals surface area (Å²) in [5, 5.41) is 16.3. The second kappa shape index (κ2) is 8.54. The third-order valence-electron chi connectivity index (χ3n) is 3.07. The molecule has 8 nitrogen and oxygen atoms in total. The predicted molar refractivity (Wildman–Crippen MR) is 100 cm³/mol. The third kappa shape index (κ3) is 5.10. The second-order valence-corrected chi connectivity index (χ2v) is 6.79. The van der Waals surface area contributed by atoms with E-state index in [2.05, 4.69) is 36.0 Å². The number of aromatic amines is 1. The lowest BCUT2D eigenvalue weighted by molar-refractivity contribution is -0.113. The molecule has 2 heterocycles. The first-order valence-electron chi connectivity index (χ1n) is 7.41. The van der Waals surface area contributed by atoms with Crippen LogP contribution in [0.3, 0.4) is 0 Å². The van der Waals surface area contributed by atoms with Crippen LogP contribution in [0.5, 0.6) is 0 Å². The zero-order valence-corrected chi connectivity index (χ0v) is 15.2. The van der Waals surface area contributed by atoms with Gasteiger partial charge in [0.1, 0.15) is 5.82 Å². The van der Waals surface area contributed by atoms with Gasteiger partial charge < -0.3 is 5.32 Å². The highest BCUT2D eigenvalue weighted by Gasteiger charge is 2.09. The highest BCUT2D eigenvalue weighted by atomic mass is 32.2. The van der Waals surface area contributed by atoms with Gasteiger partial charge in [-0.2, -0.15) is 10.1 Å². The Hall–Kier alpha value is -2.79. The van der Waals surface area contributed by atoms with Crippen molar-refractivity contribution in [3.63, 3.8) is 0 Å². The van der Waals surface area contributed by atoms with E-state index >= 15 is 0 Å². The number of H-pyrrole nitrogens is 1. The minimum Gasteiger partial charge on any atom is -0.301 e. The Morgan fingerprint density at radius 2 is 2.19 bits per heavy atom. The van der Waals surface area contributed by atoms with Crippen LogP contribution in [0.25, 0.3) is 0 Å². The molecule has 0 unspecified atom stereocenters. The largest absolute Gasteiger partial charge is 0.301 e. The lowest BCUT2D eigenvalue weighted by Crippen LogP contribution is -2.13. The smallest absolute Gasteiger partial charge is 0.240 e. The van der Waals surface area contributed by atoms with Crippen LogP contribution < -0.4 is 10.7 Å². The number of rotatable bonds is 7. The fraction of sp³-hybridized carbons (Fsp3) is 0.133. The third-order valence-corrected chi connectivity index (χ3v) is 4.60. The predicted octanol–water partition coefficient (Wildman–Crippen LogP) is 2.97. The zero-order chi connectivity index (χ0) is 18.4. The minimum absolute atomic E-state index is 0.161. The molecule has 0 saturated heterocycles. The molecule has 3 aromatic rings. The summed E-state index contributed by atoms with van der Waals surface area (Å²) >= 11 is 2.53. The van der Waals surface area contributed by atoms with Crippen molar-refractivity contribution in [3.8, 4) is 0 Å². The molecule has 0 aliphatic rings. The molecule has 0 spiro atoms. The number of carbonyl (C=O) groups is 1. The summed E-state index contributed by atoms with van der Waals surface area (Å²) in [6, 6.07) is 6.01. The van der Waals surface area contributed by atoms with Crippen LogP contribution in [-0.4, -0.2) is 37.5 Å². The second-order valence-electron chi connectivity index (χ2n) is 4.96. The maximum absolute atomic E-state index is 12.9. The Balaban J connectivity index is 1.50. The highest BCUT2D eigenvalue weighted by molar-refractivity contribution is 7.99. The first-order chi connectivity index (χ1) is 12.6. The molecule has 0 aliphatic carbocycles. The summed E-state index contributed by atoms with van der Waals surface area (Å²) in [5.74, 6) is 0.0170. The summed E-state index contributed by atoms with van der Waals surface area (Å²) in [4.78, 5) is 20.0. The fourth-order valence-corrected chi connectivity index (χ4v) is 2.97. The van der Waals surface area contributed by atoms with E-state index < -0.39 is 0 Å².